The Balaban J connectivity index is 1.70. The fourth-order valence-corrected chi connectivity index (χ4v) is 4.48. The maximum absolute atomic E-state index is 12.6. The third-order valence-corrected chi connectivity index (χ3v) is 6.82. The van der Waals surface area contributed by atoms with Crippen LogP contribution in [0.2, 0.25) is 0 Å². The predicted octanol–water partition coefficient (Wildman–Crippen LogP) is 3.26. The van der Waals surface area contributed by atoms with Gasteiger partial charge < -0.3 is 9.84 Å². The number of carbonyl (C=O) groups excluding carboxylic acids is 1. The lowest BCUT2D eigenvalue weighted by atomic mass is 10.1. The minimum atomic E-state index is -3.51. The van der Waals surface area contributed by atoms with Crippen molar-refractivity contribution in [2.45, 2.75) is 31.7 Å². The van der Waals surface area contributed by atoms with Gasteiger partial charge in [-0.1, -0.05) is 31.1 Å². The average Bonchev–Trinajstić information content (AvgIpc) is 3.25. The maximum atomic E-state index is 12.6. The molecule has 0 saturated heterocycles. The Hall–Kier alpha value is -3.04. The fourth-order valence-electron chi connectivity index (χ4n) is 3.02. The highest BCUT2D eigenvalue weighted by Crippen LogP contribution is 2.21. The normalized spacial score (nSPS) is 12.7. The van der Waals surface area contributed by atoms with Crippen molar-refractivity contribution in [3.8, 4) is 11.3 Å². The predicted molar refractivity (Wildman–Crippen MR) is 112 cm³/mol. The number of aromatic nitrogens is 2. The summed E-state index contributed by atoms with van der Waals surface area (Å²) in [5.41, 5.74) is 1.65. The Morgan fingerprint density at radius 2 is 1.87 bits per heavy atom. The number of benzene rings is 1. The molecule has 0 saturated carbocycles. The molecule has 0 bridgehead atoms. The van der Waals surface area contributed by atoms with Crippen molar-refractivity contribution in [2.75, 3.05) is 13.1 Å². The molecule has 2 heterocycles. The molecule has 30 heavy (non-hydrogen) atoms. The summed E-state index contributed by atoms with van der Waals surface area (Å²) in [4.78, 5) is 16.8. The molecular formula is C21H24N4O4S. The second-order valence-corrected chi connectivity index (χ2v) is 8.61. The Bertz CT molecular complexity index is 1090. The summed E-state index contributed by atoms with van der Waals surface area (Å²) < 4.78 is 31.8. The van der Waals surface area contributed by atoms with Crippen molar-refractivity contribution in [2.24, 2.45) is 0 Å². The van der Waals surface area contributed by atoms with Crippen molar-refractivity contribution in [1.82, 2.24) is 19.8 Å². The van der Waals surface area contributed by atoms with Crippen LogP contribution in [0.15, 0.2) is 64.3 Å². The zero-order valence-corrected chi connectivity index (χ0v) is 17.9. The summed E-state index contributed by atoms with van der Waals surface area (Å²) in [6.07, 6.45) is 3.27. The van der Waals surface area contributed by atoms with Crippen molar-refractivity contribution in [3.63, 3.8) is 0 Å². The van der Waals surface area contributed by atoms with Crippen LogP contribution < -0.4 is 5.32 Å². The first-order chi connectivity index (χ1) is 14.4. The lowest BCUT2D eigenvalue weighted by molar-refractivity contribution is 0.0931. The van der Waals surface area contributed by atoms with E-state index in [1.54, 1.807) is 62.6 Å². The number of nitrogens with zero attached hydrogens (tertiary/aromatic N) is 3. The van der Waals surface area contributed by atoms with Gasteiger partial charge in [-0.05, 0) is 36.8 Å². The van der Waals surface area contributed by atoms with Crippen LogP contribution in [-0.2, 0) is 10.0 Å². The zero-order chi connectivity index (χ0) is 21.7. The highest BCUT2D eigenvalue weighted by atomic mass is 32.2. The molecule has 1 amide bonds. The van der Waals surface area contributed by atoms with E-state index >= 15 is 0 Å². The van der Waals surface area contributed by atoms with E-state index in [4.69, 9.17) is 4.52 Å². The van der Waals surface area contributed by atoms with Gasteiger partial charge in [0.05, 0.1) is 10.9 Å². The van der Waals surface area contributed by atoms with E-state index in [1.807, 2.05) is 13.0 Å². The van der Waals surface area contributed by atoms with Crippen LogP contribution in [-0.4, -0.2) is 41.9 Å². The van der Waals surface area contributed by atoms with Crippen LogP contribution in [0.5, 0.6) is 0 Å². The molecule has 1 N–H and O–H groups in total. The minimum absolute atomic E-state index is 0.154. The van der Waals surface area contributed by atoms with Crippen molar-refractivity contribution in [1.29, 1.82) is 0 Å². The van der Waals surface area contributed by atoms with Crippen LogP contribution in [0.4, 0.5) is 0 Å². The largest absolute Gasteiger partial charge is 0.355 e. The van der Waals surface area contributed by atoms with Crippen LogP contribution in [0, 0.1) is 0 Å². The molecule has 3 aromatic rings. The first kappa shape index (κ1) is 21.7. The highest BCUT2D eigenvalue weighted by molar-refractivity contribution is 7.89. The number of sulfonamides is 1. The Kier molecular flexibility index (Phi) is 6.63. The van der Waals surface area contributed by atoms with E-state index < -0.39 is 10.0 Å². The van der Waals surface area contributed by atoms with E-state index in [0.717, 1.165) is 11.1 Å². The Labute approximate surface area is 176 Å². The summed E-state index contributed by atoms with van der Waals surface area (Å²) in [7, 11) is -3.51. The van der Waals surface area contributed by atoms with Gasteiger partial charge in [-0.3, -0.25) is 9.78 Å². The van der Waals surface area contributed by atoms with Gasteiger partial charge in [-0.15, -0.1) is 0 Å². The topological polar surface area (TPSA) is 105 Å². The summed E-state index contributed by atoms with van der Waals surface area (Å²) in [5.74, 6) is 0.0631. The van der Waals surface area contributed by atoms with E-state index in [0.29, 0.717) is 18.8 Å². The molecular weight excluding hydrogens is 404 g/mol. The standard InChI is InChI=1S/C21H24N4O4S/c1-4-25(5-2)30(27,28)18-10-8-16(9-11-18)15(3)23-21(26)19-13-20(29-24-19)17-7-6-12-22-14-17/h6-15H,4-5H2,1-3H3,(H,23,26). The lowest BCUT2D eigenvalue weighted by Crippen LogP contribution is -2.30. The summed E-state index contributed by atoms with van der Waals surface area (Å²) in [6.45, 7) is 6.23. The maximum Gasteiger partial charge on any atom is 0.273 e. The third kappa shape index (κ3) is 4.58. The van der Waals surface area contributed by atoms with Gasteiger partial charge in [0.2, 0.25) is 10.0 Å². The Morgan fingerprint density at radius 1 is 1.17 bits per heavy atom. The van der Waals surface area contributed by atoms with Crippen LogP contribution in [0.1, 0.15) is 42.9 Å². The third-order valence-electron chi connectivity index (χ3n) is 4.76. The zero-order valence-electron chi connectivity index (χ0n) is 17.1. The number of hydrogen-bond acceptors (Lipinski definition) is 6. The van der Waals surface area contributed by atoms with Crippen LogP contribution in [0.25, 0.3) is 11.3 Å². The first-order valence-corrected chi connectivity index (χ1v) is 11.1. The van der Waals surface area contributed by atoms with Gasteiger partial charge in [-0.25, -0.2) is 8.42 Å². The quantitative estimate of drug-likeness (QED) is 0.590. The molecule has 1 atom stereocenters. The van der Waals surface area contributed by atoms with Gasteiger partial charge in [0.25, 0.3) is 5.91 Å². The average molecular weight is 429 g/mol. The van der Waals surface area contributed by atoms with Gasteiger partial charge in [0, 0.05) is 37.1 Å². The molecule has 158 valence electrons. The molecule has 1 unspecified atom stereocenters. The molecule has 0 aliphatic rings. The SMILES string of the molecule is CCN(CC)S(=O)(=O)c1ccc(C(C)NC(=O)c2cc(-c3cccnc3)on2)cc1. The molecule has 2 aromatic heterocycles. The molecule has 0 aliphatic carbocycles. The van der Waals surface area contributed by atoms with Crippen molar-refractivity contribution < 1.29 is 17.7 Å². The van der Waals surface area contributed by atoms with Crippen molar-refractivity contribution in [3.05, 3.63) is 66.1 Å². The first-order valence-electron chi connectivity index (χ1n) is 9.64. The monoisotopic (exact) mass is 428 g/mol. The van der Waals surface area contributed by atoms with E-state index in [2.05, 4.69) is 15.5 Å². The fraction of sp³-hybridized carbons (Fsp3) is 0.286. The van der Waals surface area contributed by atoms with E-state index in [9.17, 15) is 13.2 Å². The molecule has 0 radical (unpaired) electrons. The van der Waals surface area contributed by atoms with Gasteiger partial charge in [0.15, 0.2) is 11.5 Å². The second-order valence-electron chi connectivity index (χ2n) is 6.67. The molecule has 1 aromatic carbocycles. The summed E-state index contributed by atoms with van der Waals surface area (Å²) >= 11 is 0. The molecule has 8 nitrogen and oxygen atoms in total. The van der Waals surface area contributed by atoms with E-state index in [-0.39, 0.29) is 22.5 Å². The molecule has 3 rings (SSSR count). The smallest absolute Gasteiger partial charge is 0.273 e. The molecule has 9 heteroatoms. The molecule has 0 spiro atoms. The van der Waals surface area contributed by atoms with Gasteiger partial charge >= 0.3 is 0 Å². The number of nitrogens with one attached hydrogen (secondary N) is 1. The lowest BCUT2D eigenvalue weighted by Gasteiger charge is -2.19. The van der Waals surface area contributed by atoms with Gasteiger partial charge in [0.1, 0.15) is 0 Å². The Morgan fingerprint density at radius 3 is 2.47 bits per heavy atom. The number of hydrogen-bond donors (Lipinski definition) is 1. The number of rotatable bonds is 8. The van der Waals surface area contributed by atoms with Crippen LogP contribution in [0.3, 0.4) is 0 Å². The highest BCUT2D eigenvalue weighted by Gasteiger charge is 2.22. The summed E-state index contributed by atoms with van der Waals surface area (Å²) in [5, 5.41) is 6.67. The minimum Gasteiger partial charge on any atom is -0.355 e. The number of pyridine rings is 1. The number of carbonyl (C=O) groups is 1. The molecule has 0 aliphatic heterocycles. The second kappa shape index (κ2) is 9.19. The van der Waals surface area contributed by atoms with E-state index in [1.165, 1.54) is 4.31 Å². The van der Waals surface area contributed by atoms with Gasteiger partial charge in [-0.2, -0.15) is 4.31 Å². The molecule has 0 fully saturated rings. The number of amides is 1. The van der Waals surface area contributed by atoms with Crippen LogP contribution >= 0.6 is 0 Å². The summed E-state index contributed by atoms with van der Waals surface area (Å²) in [6, 6.07) is 11.3. The van der Waals surface area contributed by atoms with Crippen molar-refractivity contribution >= 4 is 15.9 Å².